The fourth-order valence-corrected chi connectivity index (χ4v) is 35.0. The summed E-state index contributed by atoms with van der Waals surface area (Å²) in [6.07, 6.45) is 8.64. The van der Waals surface area contributed by atoms with Crippen LogP contribution in [0.2, 0.25) is 13.7 Å². The van der Waals surface area contributed by atoms with Gasteiger partial charge in [0.25, 0.3) is 0 Å². The molecule has 0 aromatic heterocycles. The Morgan fingerprint density at radius 2 is 0.955 bits per heavy atom. The summed E-state index contributed by atoms with van der Waals surface area (Å²) in [6, 6.07) is 29.9. The molecule has 6 rings (SSSR count). The Labute approximate surface area is 280 Å². The van der Waals surface area contributed by atoms with Crippen LogP contribution in [0.1, 0.15) is 78.6 Å². The number of rotatable bonds is 4. The number of benzene rings is 4. The number of hydrogen-bond donors (Lipinski definition) is 0. The third-order valence-corrected chi connectivity index (χ3v) is 38.0. The second kappa shape index (κ2) is 11.2. The van der Waals surface area contributed by atoms with E-state index in [1.165, 1.54) is 33.4 Å². The average molecular weight is 827 g/mol. The Balaban J connectivity index is 1.84. The predicted octanol–water partition coefficient (Wildman–Crippen LogP) is 12.8. The molecule has 44 heavy (non-hydrogen) atoms. The molecule has 4 aromatic carbocycles. The van der Waals surface area contributed by atoms with Gasteiger partial charge in [0.05, 0.1) is 0 Å². The van der Waals surface area contributed by atoms with Crippen LogP contribution >= 0.6 is 40.4 Å². The molecule has 0 unspecified atom stereocenters. The zero-order valence-electron chi connectivity index (χ0n) is 26.1. The summed E-state index contributed by atoms with van der Waals surface area (Å²) in [5.74, 6) is 0. The normalized spacial score (nSPS) is 15.5. The molecule has 0 bridgehead atoms. The van der Waals surface area contributed by atoms with Crippen LogP contribution in [-0.2, 0) is 26.5 Å². The van der Waals surface area contributed by atoms with Crippen LogP contribution in [0.15, 0.2) is 109 Å². The molecule has 0 aliphatic heterocycles. The third kappa shape index (κ3) is 5.39. The Hall–Kier alpha value is -1.74. The SMILES string of the molecule is CC(C)(C)c1ccc2c(c1)[CH]([Hf]([Cl])([Cl])(=[C](c1ccc(Cl)cc1)c1ccc(Cl)cc1)[CH]1C=CC=C1)c1cc(C(C)(C)C)ccc1-2. The van der Waals surface area contributed by atoms with Crippen molar-refractivity contribution in [2.45, 2.75) is 59.7 Å². The number of hydrogen-bond acceptors (Lipinski definition) is 0. The summed E-state index contributed by atoms with van der Waals surface area (Å²) >= 11 is 7.27. The van der Waals surface area contributed by atoms with Crippen molar-refractivity contribution in [3.8, 4) is 11.1 Å². The predicted molar refractivity (Wildman–Crippen MR) is 191 cm³/mol. The van der Waals surface area contributed by atoms with Gasteiger partial charge in [-0.05, 0) is 0 Å². The molecule has 0 atom stereocenters. The first-order valence-corrected chi connectivity index (χ1v) is 30.8. The molecule has 5 heteroatoms. The average Bonchev–Trinajstić information content (AvgIpc) is 3.62. The second-order valence-electron chi connectivity index (χ2n) is 14.4. The Morgan fingerprint density at radius 3 is 1.32 bits per heavy atom. The fraction of sp³-hybridized carbons (Fsp3) is 0.256. The quantitative estimate of drug-likeness (QED) is 0.180. The topological polar surface area (TPSA) is 0 Å². The van der Waals surface area contributed by atoms with Crippen LogP contribution in [0.3, 0.4) is 0 Å². The first-order valence-electron chi connectivity index (χ1n) is 15.2. The molecule has 0 saturated carbocycles. The zero-order valence-corrected chi connectivity index (χ0v) is 32.7. The van der Waals surface area contributed by atoms with Gasteiger partial charge < -0.3 is 0 Å². The molecule has 226 valence electrons. The molecule has 4 aromatic rings. The van der Waals surface area contributed by atoms with E-state index in [1.807, 2.05) is 24.3 Å². The third-order valence-electron chi connectivity index (χ3n) is 9.38. The molecule has 0 radical (unpaired) electrons. The van der Waals surface area contributed by atoms with E-state index < -0.39 is 15.7 Å². The zero-order chi connectivity index (χ0) is 31.7. The van der Waals surface area contributed by atoms with Crippen LogP contribution in [-0.4, -0.2) is 3.26 Å². The fourth-order valence-electron chi connectivity index (χ4n) is 7.00. The van der Waals surface area contributed by atoms with Crippen molar-refractivity contribution in [2.24, 2.45) is 0 Å². The first kappa shape index (κ1) is 32.2. The standard InChI is InChI=1S/C21H25.C13H8Cl2.C5H5.2ClH.Hf/c1-20(2,3)16-7-9-18-14(12-16)11-15-13-17(21(4,5)6)8-10-19(15)18;14-12-5-1-10(2-6-12)9-11-3-7-13(15)8-4-11;1-2-4-5-3-1;;;/h7-13H,1-6H3;1-8H;1-5H;2*1H;/q;;;;;+2/p-2. The van der Waals surface area contributed by atoms with E-state index in [0.29, 0.717) is 10.0 Å². The van der Waals surface area contributed by atoms with Gasteiger partial charge in [0, 0.05) is 0 Å². The summed E-state index contributed by atoms with van der Waals surface area (Å²) in [5.41, 5.74) is 9.37. The van der Waals surface area contributed by atoms with Gasteiger partial charge in [-0.25, -0.2) is 0 Å². The van der Waals surface area contributed by atoms with E-state index in [4.69, 9.17) is 40.4 Å². The van der Waals surface area contributed by atoms with E-state index >= 15 is 0 Å². The van der Waals surface area contributed by atoms with Gasteiger partial charge in [-0.1, -0.05) is 0 Å². The Bertz CT molecular complexity index is 1770. The van der Waals surface area contributed by atoms with Gasteiger partial charge in [0.2, 0.25) is 0 Å². The van der Waals surface area contributed by atoms with Crippen LogP contribution in [0.4, 0.5) is 0 Å². The van der Waals surface area contributed by atoms with E-state index in [9.17, 15) is 0 Å². The van der Waals surface area contributed by atoms with Gasteiger partial charge in [-0.15, -0.1) is 0 Å². The van der Waals surface area contributed by atoms with E-state index in [0.717, 1.165) is 14.4 Å². The van der Waals surface area contributed by atoms with Crippen molar-refractivity contribution < 1.29 is 15.7 Å². The van der Waals surface area contributed by atoms with Gasteiger partial charge >= 0.3 is 283 Å². The van der Waals surface area contributed by atoms with Crippen molar-refractivity contribution in [3.63, 3.8) is 0 Å². The van der Waals surface area contributed by atoms with Crippen LogP contribution in [0.25, 0.3) is 11.1 Å². The molecule has 0 fully saturated rings. The van der Waals surface area contributed by atoms with E-state index in [1.54, 1.807) is 0 Å². The van der Waals surface area contributed by atoms with Gasteiger partial charge in [-0.2, -0.15) is 0 Å². The minimum absolute atomic E-state index is 0.0397. The molecular weight excluding hydrogens is 789 g/mol. The van der Waals surface area contributed by atoms with Crippen LogP contribution in [0.5, 0.6) is 0 Å². The van der Waals surface area contributed by atoms with Crippen molar-refractivity contribution in [2.75, 3.05) is 0 Å². The molecule has 2 aliphatic carbocycles. The van der Waals surface area contributed by atoms with Gasteiger partial charge in [-0.3, -0.25) is 0 Å². The van der Waals surface area contributed by atoms with E-state index in [-0.39, 0.29) is 18.2 Å². The van der Waals surface area contributed by atoms with Crippen LogP contribution in [0, 0.1) is 0 Å². The Kier molecular flexibility index (Phi) is 8.20. The summed E-state index contributed by atoms with van der Waals surface area (Å²) in [4.78, 5) is 0. The minimum atomic E-state index is -5.62. The van der Waals surface area contributed by atoms with Crippen molar-refractivity contribution in [1.29, 1.82) is 0 Å². The number of allylic oxidation sites excluding steroid dienone is 4. The first-order chi connectivity index (χ1) is 20.6. The summed E-state index contributed by atoms with van der Waals surface area (Å²) in [5, 5.41) is 1.34. The maximum absolute atomic E-state index is 8.69. The molecule has 2 aliphatic rings. The molecule has 0 N–H and O–H groups in total. The van der Waals surface area contributed by atoms with Crippen molar-refractivity contribution in [1.82, 2.24) is 0 Å². The molecule has 0 amide bonds. The number of halogens is 4. The molecule has 0 heterocycles. The van der Waals surface area contributed by atoms with Crippen molar-refractivity contribution in [3.05, 3.63) is 153 Å². The number of fused-ring (bicyclic) bond motifs is 3. The molecular formula is C39H38Cl4Hf. The molecule has 0 spiro atoms. The van der Waals surface area contributed by atoms with Crippen molar-refractivity contribution >= 4 is 43.6 Å². The maximum atomic E-state index is 8.69. The molecule has 0 nitrogen and oxygen atoms in total. The summed E-state index contributed by atoms with van der Waals surface area (Å²) in [6.45, 7) is 13.6. The van der Waals surface area contributed by atoms with Gasteiger partial charge in [0.15, 0.2) is 0 Å². The van der Waals surface area contributed by atoms with Gasteiger partial charge in [0.1, 0.15) is 0 Å². The molecule has 0 saturated heterocycles. The summed E-state index contributed by atoms with van der Waals surface area (Å²) in [7, 11) is 17.4. The van der Waals surface area contributed by atoms with Crippen LogP contribution < -0.4 is 0 Å². The Morgan fingerprint density at radius 1 is 0.568 bits per heavy atom. The summed E-state index contributed by atoms with van der Waals surface area (Å²) < 4.78 is 0.715. The second-order valence-corrected chi connectivity index (χ2v) is 44.7. The van der Waals surface area contributed by atoms with E-state index in [2.05, 4.69) is 127 Å². The monoisotopic (exact) mass is 826 g/mol.